The number of hydrogen-bond acceptors (Lipinski definition) is 3. The number of carbonyl (C=O) groups is 1. The summed E-state index contributed by atoms with van der Waals surface area (Å²) in [5, 5.41) is 13.5. The van der Waals surface area contributed by atoms with Gasteiger partial charge >= 0.3 is 0 Å². The predicted octanol–water partition coefficient (Wildman–Crippen LogP) is 2.29. The Balaban J connectivity index is 1.75. The van der Waals surface area contributed by atoms with Gasteiger partial charge in [-0.25, -0.2) is 0 Å². The molecule has 2 rings (SSSR count). The minimum Gasteiger partial charge on any atom is -0.384 e. The Morgan fingerprint density at radius 2 is 2.26 bits per heavy atom. The first kappa shape index (κ1) is 14.1. The van der Waals surface area contributed by atoms with Crippen molar-refractivity contribution < 1.29 is 9.90 Å². The number of thiophene rings is 1. The van der Waals surface area contributed by atoms with Crippen LogP contribution in [0.4, 0.5) is 0 Å². The van der Waals surface area contributed by atoms with Crippen molar-refractivity contribution in [2.45, 2.75) is 38.6 Å². The van der Waals surface area contributed by atoms with Crippen molar-refractivity contribution in [3.63, 3.8) is 0 Å². The van der Waals surface area contributed by atoms with Crippen molar-refractivity contribution in [2.75, 3.05) is 6.61 Å². The van der Waals surface area contributed by atoms with Crippen molar-refractivity contribution in [1.82, 2.24) is 5.32 Å². The van der Waals surface area contributed by atoms with E-state index in [-0.39, 0.29) is 12.5 Å². The fourth-order valence-corrected chi connectivity index (χ4v) is 3.17. The van der Waals surface area contributed by atoms with Gasteiger partial charge in [0.05, 0.1) is 6.54 Å². The number of aliphatic hydroxyl groups excluding tert-OH is 1. The van der Waals surface area contributed by atoms with Crippen LogP contribution >= 0.6 is 11.3 Å². The van der Waals surface area contributed by atoms with Crippen LogP contribution in [0.5, 0.6) is 0 Å². The lowest BCUT2D eigenvalue weighted by molar-refractivity contribution is -0.122. The van der Waals surface area contributed by atoms with E-state index in [1.165, 1.54) is 25.7 Å². The van der Waals surface area contributed by atoms with E-state index < -0.39 is 0 Å². The molecule has 0 spiro atoms. The van der Waals surface area contributed by atoms with E-state index in [0.717, 1.165) is 10.4 Å². The molecule has 4 heteroatoms. The van der Waals surface area contributed by atoms with Gasteiger partial charge in [-0.2, -0.15) is 0 Å². The molecule has 0 saturated heterocycles. The Kier molecular flexibility index (Phi) is 5.44. The highest BCUT2D eigenvalue weighted by Gasteiger charge is 2.18. The molecule has 1 saturated carbocycles. The van der Waals surface area contributed by atoms with Crippen LogP contribution in [-0.4, -0.2) is 17.6 Å². The maximum absolute atomic E-state index is 11.8. The summed E-state index contributed by atoms with van der Waals surface area (Å²) in [6.45, 7) is 0.459. The molecule has 102 valence electrons. The highest BCUT2D eigenvalue weighted by Crippen LogP contribution is 2.27. The highest BCUT2D eigenvalue weighted by molar-refractivity contribution is 7.10. The van der Waals surface area contributed by atoms with Crippen LogP contribution in [0.25, 0.3) is 0 Å². The molecule has 1 aromatic rings. The van der Waals surface area contributed by atoms with Gasteiger partial charge in [0.1, 0.15) is 6.61 Å². The van der Waals surface area contributed by atoms with E-state index >= 15 is 0 Å². The fourth-order valence-electron chi connectivity index (χ4n) is 2.42. The molecule has 0 atom stereocenters. The summed E-state index contributed by atoms with van der Waals surface area (Å²) in [4.78, 5) is 12.9. The van der Waals surface area contributed by atoms with Crippen molar-refractivity contribution in [3.05, 3.63) is 21.9 Å². The summed E-state index contributed by atoms with van der Waals surface area (Å²) in [5.74, 6) is 6.22. The third-order valence-corrected chi connectivity index (χ3v) is 4.31. The van der Waals surface area contributed by atoms with E-state index in [1.54, 1.807) is 11.3 Å². The average molecular weight is 277 g/mol. The monoisotopic (exact) mass is 277 g/mol. The van der Waals surface area contributed by atoms with Crippen LogP contribution in [0.2, 0.25) is 0 Å². The highest BCUT2D eigenvalue weighted by atomic mass is 32.1. The Hall–Kier alpha value is -1.31. The smallest absolute Gasteiger partial charge is 0.220 e. The van der Waals surface area contributed by atoms with Crippen LogP contribution in [0.3, 0.4) is 0 Å². The minimum absolute atomic E-state index is 0.122. The molecule has 1 aliphatic rings. The van der Waals surface area contributed by atoms with E-state index in [9.17, 15) is 4.79 Å². The quantitative estimate of drug-likeness (QED) is 0.830. The SMILES string of the molecule is O=C(CC1CCCC1)NCc1cc(C#CCO)cs1. The van der Waals surface area contributed by atoms with Crippen LogP contribution in [0.1, 0.15) is 42.5 Å². The number of carbonyl (C=O) groups excluding carboxylic acids is 1. The Labute approximate surface area is 118 Å². The second-order valence-electron chi connectivity index (χ2n) is 4.89. The van der Waals surface area contributed by atoms with Crippen molar-refractivity contribution in [2.24, 2.45) is 5.92 Å². The molecule has 3 nitrogen and oxygen atoms in total. The lowest BCUT2D eigenvalue weighted by atomic mass is 10.0. The number of amides is 1. The van der Waals surface area contributed by atoms with E-state index in [4.69, 9.17) is 5.11 Å². The van der Waals surface area contributed by atoms with E-state index in [0.29, 0.717) is 18.9 Å². The van der Waals surface area contributed by atoms with Gasteiger partial charge in [0.2, 0.25) is 5.91 Å². The average Bonchev–Trinajstić information content (AvgIpc) is 3.05. The van der Waals surface area contributed by atoms with Gasteiger partial charge in [-0.1, -0.05) is 24.7 Å². The first-order valence-electron chi connectivity index (χ1n) is 6.72. The molecule has 0 aromatic carbocycles. The summed E-state index contributed by atoms with van der Waals surface area (Å²) in [7, 11) is 0. The molecule has 0 aliphatic heterocycles. The summed E-state index contributed by atoms with van der Waals surface area (Å²) < 4.78 is 0. The molecule has 1 heterocycles. The first-order valence-corrected chi connectivity index (χ1v) is 7.59. The lowest BCUT2D eigenvalue weighted by Crippen LogP contribution is -2.24. The van der Waals surface area contributed by atoms with Gasteiger partial charge in [-0.05, 0) is 24.8 Å². The van der Waals surface area contributed by atoms with Crippen LogP contribution in [-0.2, 0) is 11.3 Å². The maximum atomic E-state index is 11.8. The number of aliphatic hydroxyl groups is 1. The zero-order chi connectivity index (χ0) is 13.5. The molecule has 2 N–H and O–H groups in total. The zero-order valence-electron chi connectivity index (χ0n) is 10.9. The van der Waals surface area contributed by atoms with Crippen LogP contribution in [0.15, 0.2) is 11.4 Å². The summed E-state index contributed by atoms with van der Waals surface area (Å²) in [6, 6.07) is 1.96. The third-order valence-electron chi connectivity index (χ3n) is 3.37. The Morgan fingerprint density at radius 1 is 1.47 bits per heavy atom. The normalized spacial score (nSPS) is 15.0. The third kappa shape index (κ3) is 4.70. The summed E-state index contributed by atoms with van der Waals surface area (Å²) in [5.41, 5.74) is 0.902. The molecule has 0 bridgehead atoms. The molecular weight excluding hydrogens is 258 g/mol. The second kappa shape index (κ2) is 7.32. The Bertz CT molecular complexity index is 478. The first-order chi connectivity index (χ1) is 9.28. The van der Waals surface area contributed by atoms with E-state index in [1.807, 2.05) is 11.4 Å². The molecule has 1 amide bonds. The van der Waals surface area contributed by atoms with Gasteiger partial charge in [0.15, 0.2) is 0 Å². The van der Waals surface area contributed by atoms with Crippen molar-refractivity contribution in [3.8, 4) is 11.8 Å². The predicted molar refractivity (Wildman–Crippen MR) is 76.7 cm³/mol. The molecule has 1 fully saturated rings. The van der Waals surface area contributed by atoms with Crippen molar-refractivity contribution in [1.29, 1.82) is 0 Å². The lowest BCUT2D eigenvalue weighted by Gasteiger charge is -2.08. The topological polar surface area (TPSA) is 49.3 Å². The van der Waals surface area contributed by atoms with Gasteiger partial charge < -0.3 is 10.4 Å². The zero-order valence-corrected chi connectivity index (χ0v) is 11.8. The molecule has 1 aliphatic carbocycles. The number of hydrogen-bond donors (Lipinski definition) is 2. The molecular formula is C15H19NO2S. The standard InChI is InChI=1S/C15H19NO2S/c17-7-3-6-13-8-14(19-11-13)10-16-15(18)9-12-4-1-2-5-12/h8,11-12,17H,1-2,4-5,7,9-10H2,(H,16,18). The van der Waals surface area contributed by atoms with Gasteiger partial charge in [0, 0.05) is 22.2 Å². The number of nitrogens with one attached hydrogen (secondary N) is 1. The maximum Gasteiger partial charge on any atom is 0.220 e. The molecule has 0 radical (unpaired) electrons. The van der Waals surface area contributed by atoms with Crippen LogP contribution in [0, 0.1) is 17.8 Å². The second-order valence-corrected chi connectivity index (χ2v) is 5.89. The van der Waals surface area contributed by atoms with Gasteiger partial charge in [-0.3, -0.25) is 4.79 Å². The molecule has 1 aromatic heterocycles. The van der Waals surface area contributed by atoms with Crippen LogP contribution < -0.4 is 5.32 Å². The Morgan fingerprint density at radius 3 is 3.00 bits per heavy atom. The largest absolute Gasteiger partial charge is 0.384 e. The number of rotatable bonds is 4. The van der Waals surface area contributed by atoms with E-state index in [2.05, 4.69) is 17.2 Å². The minimum atomic E-state index is -0.122. The van der Waals surface area contributed by atoms with Gasteiger partial charge in [0.25, 0.3) is 0 Å². The fraction of sp³-hybridized carbons (Fsp3) is 0.533. The summed E-state index contributed by atoms with van der Waals surface area (Å²) in [6.07, 6.45) is 5.62. The van der Waals surface area contributed by atoms with Gasteiger partial charge in [-0.15, -0.1) is 11.3 Å². The summed E-state index contributed by atoms with van der Waals surface area (Å²) >= 11 is 1.59. The van der Waals surface area contributed by atoms with Crippen molar-refractivity contribution >= 4 is 17.2 Å². The molecule has 19 heavy (non-hydrogen) atoms. The molecule has 0 unspecified atom stereocenters.